The van der Waals surface area contributed by atoms with Gasteiger partial charge in [-0.05, 0) is 70.3 Å². The molecule has 0 radical (unpaired) electrons. The first kappa shape index (κ1) is 37.3. The number of fused-ring (bicyclic) bond motifs is 5. The van der Waals surface area contributed by atoms with Crippen molar-refractivity contribution in [2.24, 2.45) is 39.4 Å². The number of carbonyl (C=O) groups excluding carboxylic acids is 2. The highest BCUT2D eigenvalue weighted by atomic mass is 16.7. The van der Waals surface area contributed by atoms with E-state index in [0.717, 1.165) is 5.57 Å². The number of allylic oxidation sites excluding steroid dienone is 4. The maximum atomic E-state index is 14.7. The predicted octanol–water partition coefficient (Wildman–Crippen LogP) is 0.670. The van der Waals surface area contributed by atoms with Gasteiger partial charge in [0.25, 0.3) is 0 Å². The number of ketones is 2. The van der Waals surface area contributed by atoms with Gasteiger partial charge in [-0.3, -0.25) is 9.59 Å². The van der Waals surface area contributed by atoms with Gasteiger partial charge in [-0.25, -0.2) is 0 Å². The van der Waals surface area contributed by atoms with Crippen LogP contribution < -0.4 is 0 Å². The number of carbonyl (C=O) groups is 2. The number of rotatable bonds is 7. The lowest BCUT2D eigenvalue weighted by Gasteiger charge is -2.64. The fourth-order valence-electron chi connectivity index (χ4n) is 10.1. The summed E-state index contributed by atoms with van der Waals surface area (Å²) in [4.78, 5) is 28.6. The van der Waals surface area contributed by atoms with Crippen molar-refractivity contribution in [2.45, 2.75) is 129 Å². The van der Waals surface area contributed by atoms with Crippen molar-refractivity contribution in [2.75, 3.05) is 6.61 Å². The molecule has 3 fully saturated rings. The number of hydrogen-bond acceptors (Lipinski definition) is 12. The molecule has 12 heteroatoms. The zero-order valence-electron chi connectivity index (χ0n) is 29.1. The lowest BCUT2D eigenvalue weighted by Crippen LogP contribution is -2.64. The van der Waals surface area contributed by atoms with Crippen molar-refractivity contribution in [3.8, 4) is 0 Å². The molecule has 1 heterocycles. The molecule has 1 aliphatic heterocycles. The minimum Gasteiger partial charge on any atom is -0.459 e. The first-order valence-electron chi connectivity index (χ1n) is 16.9. The highest BCUT2D eigenvalue weighted by Gasteiger charge is 2.74. The highest BCUT2D eigenvalue weighted by molar-refractivity contribution is 6.02. The Kier molecular flexibility index (Phi) is 9.14. The van der Waals surface area contributed by atoms with Gasteiger partial charge in [0, 0.05) is 23.7 Å². The minimum absolute atomic E-state index is 0.0226. The third-order valence-electron chi connectivity index (χ3n) is 13.0. The Morgan fingerprint density at radius 2 is 1.62 bits per heavy atom. The summed E-state index contributed by atoms with van der Waals surface area (Å²) in [6.07, 6.45) is -3.48. The smallest absolute Gasteiger partial charge is 0.229 e. The summed E-state index contributed by atoms with van der Waals surface area (Å²) < 4.78 is 11.5. The quantitative estimate of drug-likeness (QED) is 0.175. The Hall–Kier alpha value is -2.00. The SMILES string of the molecule is CC(C)(O)C=CC(O)C(C)(O)C1C(O)CC2(C)C3CC=C4C(C=C(OC5OC(CO)C(O)C(O)C5O)C(=O)C4(C)C)C3(C)C(=O)CC12C. The van der Waals surface area contributed by atoms with Gasteiger partial charge in [0.2, 0.25) is 12.1 Å². The topological polar surface area (TPSA) is 214 Å². The number of aliphatic hydroxyl groups is 8. The second kappa shape index (κ2) is 11.8. The Labute approximate surface area is 281 Å². The summed E-state index contributed by atoms with van der Waals surface area (Å²) in [5.74, 6) is -2.63. The molecule has 12 nitrogen and oxygen atoms in total. The molecule has 1 saturated heterocycles. The summed E-state index contributed by atoms with van der Waals surface area (Å²) in [7, 11) is 0. The predicted molar refractivity (Wildman–Crippen MR) is 172 cm³/mol. The largest absolute Gasteiger partial charge is 0.459 e. The van der Waals surface area contributed by atoms with Crippen molar-refractivity contribution in [1.29, 1.82) is 0 Å². The summed E-state index contributed by atoms with van der Waals surface area (Å²) in [5.41, 5.74) is -6.25. The minimum atomic E-state index is -1.86. The van der Waals surface area contributed by atoms with Crippen LogP contribution in [0.2, 0.25) is 0 Å². The zero-order valence-corrected chi connectivity index (χ0v) is 29.1. The standard InChI is InChI=1S/C36H54O12/c1-31(2,45)12-11-23(39)36(8,46)28-19(38)14-33(5)22-10-9-17-18(35(22,7)24(40)15-34(28,33)6)13-20(29(44)32(17,3)4)47-30-27(43)26(42)25(41)21(16-37)48-30/h9,11-13,18-19,21-23,25-28,30,37-39,41-43,45-46H,10,14-16H2,1-8H3. The van der Waals surface area contributed by atoms with Gasteiger partial charge >= 0.3 is 0 Å². The molecule has 2 saturated carbocycles. The molecule has 5 aliphatic rings. The van der Waals surface area contributed by atoms with E-state index in [1.165, 1.54) is 32.9 Å². The van der Waals surface area contributed by atoms with Crippen LogP contribution in [0.15, 0.2) is 35.6 Å². The molecule has 5 rings (SSSR count). The Balaban J connectivity index is 1.55. The van der Waals surface area contributed by atoms with Crippen LogP contribution in [-0.4, -0.2) is 113 Å². The summed E-state index contributed by atoms with van der Waals surface area (Å²) in [6.45, 7) is 13.1. The summed E-state index contributed by atoms with van der Waals surface area (Å²) in [6, 6.07) is 0. The second-order valence-electron chi connectivity index (χ2n) is 16.9. The number of ether oxygens (including phenoxy) is 2. The molecule has 270 valence electrons. The number of aliphatic hydroxyl groups excluding tert-OH is 6. The van der Waals surface area contributed by atoms with E-state index in [1.807, 2.05) is 26.8 Å². The van der Waals surface area contributed by atoms with Gasteiger partial charge in [0.15, 0.2) is 5.76 Å². The molecule has 4 aliphatic carbocycles. The highest BCUT2D eigenvalue weighted by Crippen LogP contribution is 2.74. The van der Waals surface area contributed by atoms with E-state index >= 15 is 0 Å². The lowest BCUT2D eigenvalue weighted by atomic mass is 9.39. The number of hydrogen-bond donors (Lipinski definition) is 8. The van der Waals surface area contributed by atoms with Gasteiger partial charge in [-0.15, -0.1) is 0 Å². The van der Waals surface area contributed by atoms with E-state index in [-0.39, 0.29) is 30.3 Å². The average molecular weight is 679 g/mol. The van der Waals surface area contributed by atoms with Crippen LogP contribution >= 0.6 is 0 Å². The molecule has 8 N–H and O–H groups in total. The first-order valence-corrected chi connectivity index (χ1v) is 16.9. The van der Waals surface area contributed by atoms with Gasteiger partial charge in [0.05, 0.1) is 29.3 Å². The van der Waals surface area contributed by atoms with E-state index < -0.39 is 100 Å². The number of Topliss-reactive ketones (excluding diaryl/α,β-unsaturated/α-hetero) is 2. The van der Waals surface area contributed by atoms with Crippen molar-refractivity contribution >= 4 is 11.6 Å². The monoisotopic (exact) mass is 678 g/mol. The van der Waals surface area contributed by atoms with E-state index in [1.54, 1.807) is 19.9 Å². The van der Waals surface area contributed by atoms with E-state index in [4.69, 9.17) is 9.47 Å². The van der Waals surface area contributed by atoms with Gasteiger partial charge in [0.1, 0.15) is 36.3 Å². The van der Waals surface area contributed by atoms with Gasteiger partial charge < -0.3 is 50.3 Å². The maximum Gasteiger partial charge on any atom is 0.229 e. The zero-order chi connectivity index (χ0) is 36.2. The molecule has 48 heavy (non-hydrogen) atoms. The lowest BCUT2D eigenvalue weighted by molar-refractivity contribution is -0.291. The molecule has 0 aromatic rings. The third-order valence-corrected chi connectivity index (χ3v) is 13.0. The molecule has 0 aromatic heterocycles. The fourth-order valence-corrected chi connectivity index (χ4v) is 10.1. The van der Waals surface area contributed by atoms with Gasteiger partial charge in [-0.2, -0.15) is 0 Å². The fraction of sp³-hybridized carbons (Fsp3) is 0.778. The Morgan fingerprint density at radius 3 is 2.21 bits per heavy atom. The molecule has 0 amide bonds. The Bertz CT molecular complexity index is 1410. The molecular weight excluding hydrogens is 624 g/mol. The second-order valence-corrected chi connectivity index (χ2v) is 16.9. The first-order chi connectivity index (χ1) is 21.9. The molecular formula is C36H54O12. The van der Waals surface area contributed by atoms with E-state index in [2.05, 4.69) is 0 Å². The van der Waals surface area contributed by atoms with Crippen LogP contribution in [0.3, 0.4) is 0 Å². The van der Waals surface area contributed by atoms with E-state index in [9.17, 15) is 50.4 Å². The Morgan fingerprint density at radius 1 is 1.00 bits per heavy atom. The molecule has 14 unspecified atom stereocenters. The molecule has 0 bridgehead atoms. The van der Waals surface area contributed by atoms with Crippen molar-refractivity contribution in [3.63, 3.8) is 0 Å². The van der Waals surface area contributed by atoms with Crippen molar-refractivity contribution < 1.29 is 59.9 Å². The van der Waals surface area contributed by atoms with Crippen molar-refractivity contribution in [1.82, 2.24) is 0 Å². The molecule has 14 atom stereocenters. The molecule has 0 aromatic carbocycles. The average Bonchev–Trinajstić information content (AvgIpc) is 3.19. The van der Waals surface area contributed by atoms with Crippen LogP contribution in [-0.2, 0) is 19.1 Å². The normalized spacial score (nSPS) is 46.2. The summed E-state index contributed by atoms with van der Waals surface area (Å²) in [5, 5.41) is 85.7. The van der Waals surface area contributed by atoms with Crippen LogP contribution in [0.1, 0.15) is 74.7 Å². The van der Waals surface area contributed by atoms with E-state index in [0.29, 0.717) is 6.42 Å². The maximum absolute atomic E-state index is 14.7. The van der Waals surface area contributed by atoms with Crippen molar-refractivity contribution in [3.05, 3.63) is 35.6 Å². The van der Waals surface area contributed by atoms with Crippen LogP contribution in [0.25, 0.3) is 0 Å². The van der Waals surface area contributed by atoms with Crippen LogP contribution in [0.4, 0.5) is 0 Å². The van der Waals surface area contributed by atoms with Crippen LogP contribution in [0.5, 0.6) is 0 Å². The van der Waals surface area contributed by atoms with Gasteiger partial charge in [-0.1, -0.05) is 44.6 Å². The molecule has 0 spiro atoms. The summed E-state index contributed by atoms with van der Waals surface area (Å²) >= 11 is 0. The van der Waals surface area contributed by atoms with Crippen LogP contribution in [0, 0.1) is 39.4 Å². The third kappa shape index (κ3) is 5.29.